The standard InChI is InChI=1S/C41H79NO7/c1-6-8-10-12-13-14-15-16-17-18-19-20-21-22-23-24-25-26-27-28-30-32-40(44)49-37(36-48-39(43)31-29-11-9-7-2)35-47-34-33-38(41(45)46)42(3,4)5/h37-38H,6-36H2,1-5H3. The summed E-state index contributed by atoms with van der Waals surface area (Å²) in [6.45, 7) is 4.56. The average molecular weight is 698 g/mol. The minimum Gasteiger partial charge on any atom is -0.544 e. The normalized spacial score (nSPS) is 12.9. The summed E-state index contributed by atoms with van der Waals surface area (Å²) in [5, 5.41) is 11.5. The summed E-state index contributed by atoms with van der Waals surface area (Å²) >= 11 is 0. The van der Waals surface area contributed by atoms with Crippen LogP contribution >= 0.6 is 0 Å². The number of carbonyl (C=O) groups is 3. The lowest BCUT2D eigenvalue weighted by atomic mass is 10.0. The minimum atomic E-state index is -1.12. The van der Waals surface area contributed by atoms with Gasteiger partial charge >= 0.3 is 11.9 Å². The molecule has 0 aromatic rings. The summed E-state index contributed by atoms with van der Waals surface area (Å²) in [4.78, 5) is 36.3. The lowest BCUT2D eigenvalue weighted by molar-refractivity contribution is -0.889. The first-order valence-electron chi connectivity index (χ1n) is 20.6. The third kappa shape index (κ3) is 32.0. The van der Waals surface area contributed by atoms with Crippen LogP contribution in [0.25, 0.3) is 0 Å². The van der Waals surface area contributed by atoms with Crippen molar-refractivity contribution < 1.29 is 38.2 Å². The predicted octanol–water partition coefficient (Wildman–Crippen LogP) is 9.25. The van der Waals surface area contributed by atoms with Gasteiger partial charge in [0.1, 0.15) is 12.6 Å². The molecular formula is C41H79NO7. The lowest BCUT2D eigenvalue weighted by Gasteiger charge is -2.34. The number of carboxylic acid groups (broad SMARTS) is 1. The average Bonchev–Trinajstić information content (AvgIpc) is 3.05. The number of carboxylic acids is 1. The Bertz CT molecular complexity index is 782. The van der Waals surface area contributed by atoms with Crippen LogP contribution < -0.4 is 5.11 Å². The first-order valence-corrected chi connectivity index (χ1v) is 20.6. The fraction of sp³-hybridized carbons (Fsp3) is 0.927. The van der Waals surface area contributed by atoms with Crippen molar-refractivity contribution in [3.63, 3.8) is 0 Å². The molecule has 2 unspecified atom stereocenters. The van der Waals surface area contributed by atoms with Crippen molar-refractivity contribution in [3.8, 4) is 0 Å². The molecule has 0 amide bonds. The number of hydrogen-bond donors (Lipinski definition) is 0. The zero-order valence-electron chi connectivity index (χ0n) is 32.9. The van der Waals surface area contributed by atoms with Gasteiger partial charge in [-0.3, -0.25) is 9.59 Å². The van der Waals surface area contributed by atoms with Crippen molar-refractivity contribution in [1.82, 2.24) is 0 Å². The summed E-state index contributed by atoms with van der Waals surface area (Å²) in [6, 6.07) is -0.717. The molecular weight excluding hydrogens is 618 g/mol. The summed E-state index contributed by atoms with van der Waals surface area (Å²) in [6.07, 6.45) is 31.8. The Morgan fingerprint density at radius 2 is 0.898 bits per heavy atom. The fourth-order valence-corrected chi connectivity index (χ4v) is 6.25. The second kappa shape index (κ2) is 33.5. The molecule has 0 spiro atoms. The minimum absolute atomic E-state index is 0.0467. The van der Waals surface area contributed by atoms with Gasteiger partial charge in [0.15, 0.2) is 6.10 Å². The van der Waals surface area contributed by atoms with Gasteiger partial charge in [-0.05, 0) is 12.8 Å². The molecule has 0 N–H and O–H groups in total. The fourth-order valence-electron chi connectivity index (χ4n) is 6.25. The molecule has 0 fully saturated rings. The maximum absolute atomic E-state index is 12.6. The number of ether oxygens (including phenoxy) is 3. The van der Waals surface area contributed by atoms with Crippen molar-refractivity contribution in [3.05, 3.63) is 0 Å². The van der Waals surface area contributed by atoms with Crippen LogP contribution in [0.5, 0.6) is 0 Å². The summed E-state index contributed by atoms with van der Waals surface area (Å²) in [7, 11) is 5.39. The van der Waals surface area contributed by atoms with Gasteiger partial charge < -0.3 is 28.6 Å². The molecule has 2 atom stereocenters. The quantitative estimate of drug-likeness (QED) is 0.0362. The van der Waals surface area contributed by atoms with Crippen molar-refractivity contribution in [2.75, 3.05) is 41.0 Å². The zero-order chi connectivity index (χ0) is 36.4. The van der Waals surface area contributed by atoms with Crippen LogP contribution in [0.4, 0.5) is 0 Å². The number of unbranched alkanes of at least 4 members (excludes halogenated alkanes) is 23. The molecule has 0 saturated carbocycles. The molecule has 49 heavy (non-hydrogen) atoms. The summed E-state index contributed by atoms with van der Waals surface area (Å²) in [5.74, 6) is -1.74. The highest BCUT2D eigenvalue weighted by Gasteiger charge is 2.25. The number of hydrogen-bond acceptors (Lipinski definition) is 7. The molecule has 8 nitrogen and oxygen atoms in total. The van der Waals surface area contributed by atoms with Gasteiger partial charge in [0, 0.05) is 19.3 Å². The van der Waals surface area contributed by atoms with Gasteiger partial charge in [-0.1, -0.05) is 162 Å². The van der Waals surface area contributed by atoms with Crippen LogP contribution in [0.3, 0.4) is 0 Å². The number of aliphatic carboxylic acids is 1. The predicted molar refractivity (Wildman–Crippen MR) is 199 cm³/mol. The Labute approximate surface area is 302 Å². The van der Waals surface area contributed by atoms with E-state index >= 15 is 0 Å². The van der Waals surface area contributed by atoms with Gasteiger partial charge in [-0.2, -0.15) is 0 Å². The molecule has 0 aliphatic heterocycles. The monoisotopic (exact) mass is 698 g/mol. The van der Waals surface area contributed by atoms with Crippen LogP contribution in [0.15, 0.2) is 0 Å². The molecule has 0 heterocycles. The first-order chi connectivity index (χ1) is 23.6. The van der Waals surface area contributed by atoms with Crippen molar-refractivity contribution in [1.29, 1.82) is 0 Å². The highest BCUT2D eigenvalue weighted by Crippen LogP contribution is 2.16. The van der Waals surface area contributed by atoms with Crippen LogP contribution in [-0.4, -0.2) is 75.5 Å². The Morgan fingerprint density at radius 3 is 1.29 bits per heavy atom. The Balaban J connectivity index is 4.04. The molecule has 0 radical (unpaired) electrons. The molecule has 0 bridgehead atoms. The maximum Gasteiger partial charge on any atom is 0.306 e. The summed E-state index contributed by atoms with van der Waals surface area (Å²) < 4.78 is 17.0. The van der Waals surface area contributed by atoms with Gasteiger partial charge in [0.25, 0.3) is 0 Å². The van der Waals surface area contributed by atoms with Crippen LogP contribution in [0.1, 0.15) is 194 Å². The molecule has 8 heteroatoms. The highest BCUT2D eigenvalue weighted by atomic mass is 16.6. The first kappa shape index (κ1) is 47.3. The Kier molecular flexibility index (Phi) is 32.3. The number of rotatable bonds is 37. The van der Waals surface area contributed by atoms with E-state index in [0.29, 0.717) is 12.8 Å². The number of likely N-dealkylation sites (N-methyl/N-ethyl adjacent to an activating group) is 1. The van der Waals surface area contributed by atoms with E-state index in [4.69, 9.17) is 14.2 Å². The molecule has 0 aliphatic carbocycles. The lowest BCUT2D eigenvalue weighted by Crippen LogP contribution is -2.55. The topological polar surface area (TPSA) is 102 Å². The smallest absolute Gasteiger partial charge is 0.306 e. The Morgan fingerprint density at radius 1 is 0.531 bits per heavy atom. The number of quaternary nitrogens is 1. The van der Waals surface area contributed by atoms with E-state index in [-0.39, 0.29) is 42.7 Å². The van der Waals surface area contributed by atoms with Crippen molar-refractivity contribution in [2.45, 2.75) is 206 Å². The van der Waals surface area contributed by atoms with Crippen LogP contribution in [-0.2, 0) is 28.6 Å². The van der Waals surface area contributed by atoms with Crippen molar-refractivity contribution >= 4 is 17.9 Å². The second-order valence-corrected chi connectivity index (χ2v) is 15.2. The van der Waals surface area contributed by atoms with E-state index in [2.05, 4.69) is 13.8 Å². The maximum atomic E-state index is 12.6. The SMILES string of the molecule is CCCCCCCCCCCCCCCCCCCCCCCC(=O)OC(COCCC(C(=O)[O-])[N+](C)(C)C)COC(=O)CCCCCC. The molecule has 0 aliphatic rings. The molecule has 0 rings (SSSR count). The van der Waals surface area contributed by atoms with Gasteiger partial charge in [0.05, 0.1) is 40.3 Å². The summed E-state index contributed by atoms with van der Waals surface area (Å²) in [5.41, 5.74) is 0. The van der Waals surface area contributed by atoms with E-state index in [1.165, 1.54) is 116 Å². The van der Waals surface area contributed by atoms with Gasteiger partial charge in [-0.25, -0.2) is 0 Å². The molecule has 0 aromatic carbocycles. The van der Waals surface area contributed by atoms with Gasteiger partial charge in [-0.15, -0.1) is 0 Å². The highest BCUT2D eigenvalue weighted by molar-refractivity contribution is 5.70. The number of carbonyl (C=O) groups excluding carboxylic acids is 3. The van der Waals surface area contributed by atoms with Gasteiger partial charge in [0.2, 0.25) is 0 Å². The van der Waals surface area contributed by atoms with E-state index in [9.17, 15) is 19.5 Å². The van der Waals surface area contributed by atoms with Crippen molar-refractivity contribution in [2.24, 2.45) is 0 Å². The Hall–Kier alpha value is -1.67. The third-order valence-corrected chi connectivity index (χ3v) is 9.49. The van der Waals surface area contributed by atoms with Crippen LogP contribution in [0.2, 0.25) is 0 Å². The van der Waals surface area contributed by atoms with E-state index < -0.39 is 18.1 Å². The second-order valence-electron chi connectivity index (χ2n) is 15.2. The zero-order valence-corrected chi connectivity index (χ0v) is 32.9. The number of nitrogens with zero attached hydrogens (tertiary/aromatic N) is 1. The molecule has 0 aromatic heterocycles. The van der Waals surface area contributed by atoms with E-state index in [1.807, 2.05) is 0 Å². The molecule has 0 saturated heterocycles. The van der Waals surface area contributed by atoms with E-state index in [1.54, 1.807) is 21.1 Å². The van der Waals surface area contributed by atoms with Crippen LogP contribution in [0, 0.1) is 0 Å². The third-order valence-electron chi connectivity index (χ3n) is 9.49. The van der Waals surface area contributed by atoms with E-state index in [0.717, 1.165) is 44.9 Å². The number of esters is 2. The largest absolute Gasteiger partial charge is 0.544 e. The molecule has 290 valence electrons.